The van der Waals surface area contributed by atoms with Gasteiger partial charge in [-0.1, -0.05) is 0 Å². The molecule has 0 saturated heterocycles. The van der Waals surface area contributed by atoms with Crippen molar-refractivity contribution in [3.05, 3.63) is 33.3 Å². The van der Waals surface area contributed by atoms with Gasteiger partial charge < -0.3 is 5.32 Å². The molecule has 2 aromatic rings. The van der Waals surface area contributed by atoms with Gasteiger partial charge in [0.1, 0.15) is 11.7 Å². The summed E-state index contributed by atoms with van der Waals surface area (Å²) in [5.74, 6) is -0.301. The van der Waals surface area contributed by atoms with Crippen molar-refractivity contribution in [1.82, 2.24) is 24.9 Å². The Hall–Kier alpha value is -1.77. The summed E-state index contributed by atoms with van der Waals surface area (Å²) in [6.45, 7) is 6.98. The van der Waals surface area contributed by atoms with E-state index in [-0.39, 0.29) is 22.1 Å². The number of hydrogen-bond donors (Lipinski definition) is 1. The minimum atomic E-state index is -2.70. The summed E-state index contributed by atoms with van der Waals surface area (Å²) < 4.78 is 29.1. The van der Waals surface area contributed by atoms with Crippen LogP contribution in [0.1, 0.15) is 55.0 Å². The number of aryl methyl sites for hydroxylation is 2. The van der Waals surface area contributed by atoms with Gasteiger partial charge in [-0.05, 0) is 43.6 Å². The molecule has 0 unspecified atom stereocenters. The van der Waals surface area contributed by atoms with Crippen molar-refractivity contribution in [1.29, 1.82) is 0 Å². The molecule has 2 atom stereocenters. The van der Waals surface area contributed by atoms with Gasteiger partial charge in [-0.25, -0.2) is 8.78 Å². The number of carbonyl (C=O) groups excluding carboxylic acids is 1. The van der Waals surface area contributed by atoms with Crippen LogP contribution in [0.15, 0.2) is 10.7 Å². The molecular weight excluding hydrogens is 384 g/mol. The van der Waals surface area contributed by atoms with Gasteiger partial charge in [-0.3, -0.25) is 14.2 Å². The lowest BCUT2D eigenvalue weighted by Gasteiger charge is -2.18. The van der Waals surface area contributed by atoms with E-state index in [4.69, 9.17) is 0 Å². The summed E-state index contributed by atoms with van der Waals surface area (Å²) >= 11 is 3.11. The topological polar surface area (TPSA) is 64.7 Å². The number of aromatic nitrogens is 4. The van der Waals surface area contributed by atoms with Crippen LogP contribution < -0.4 is 5.32 Å². The predicted octanol–water partition coefficient (Wildman–Crippen LogP) is 3.37. The van der Waals surface area contributed by atoms with Crippen LogP contribution in [0.3, 0.4) is 0 Å². The zero-order valence-corrected chi connectivity index (χ0v) is 15.7. The number of nitrogens with one attached hydrogen (secondary N) is 1. The van der Waals surface area contributed by atoms with Gasteiger partial charge in [-0.2, -0.15) is 10.2 Å². The van der Waals surface area contributed by atoms with Crippen molar-refractivity contribution in [3.63, 3.8) is 0 Å². The molecule has 0 aliphatic rings. The molecule has 1 amide bonds. The van der Waals surface area contributed by atoms with E-state index in [1.54, 1.807) is 18.5 Å². The molecule has 2 rings (SSSR count). The standard InChI is InChI=1S/C15H20BrF2N5O/c1-7(11-6-22(5)20-8(11)2)19-15(24)10(4)23-9(3)12(16)13(21-23)14(17)18/h6-7,10,14H,1-5H3,(H,19,24)/t7-,10-/m0/s1. The summed E-state index contributed by atoms with van der Waals surface area (Å²) in [7, 11) is 1.81. The van der Waals surface area contributed by atoms with Gasteiger partial charge >= 0.3 is 0 Å². The Bertz CT molecular complexity index is 755. The summed E-state index contributed by atoms with van der Waals surface area (Å²) in [5, 5.41) is 11.0. The molecule has 0 saturated carbocycles. The number of alkyl halides is 2. The number of amides is 1. The van der Waals surface area contributed by atoms with Crippen LogP contribution in [0.5, 0.6) is 0 Å². The Kier molecular flexibility index (Phi) is 5.42. The molecule has 0 aliphatic carbocycles. The molecule has 24 heavy (non-hydrogen) atoms. The molecule has 9 heteroatoms. The molecular formula is C15H20BrF2N5O. The lowest BCUT2D eigenvalue weighted by molar-refractivity contribution is -0.124. The number of carbonyl (C=O) groups is 1. The van der Waals surface area contributed by atoms with Crippen molar-refractivity contribution in [2.45, 2.75) is 46.2 Å². The lowest BCUT2D eigenvalue weighted by atomic mass is 10.1. The first kappa shape index (κ1) is 18.6. The third kappa shape index (κ3) is 3.50. The second kappa shape index (κ2) is 7.00. The second-order valence-corrected chi connectivity index (χ2v) is 6.57. The highest BCUT2D eigenvalue weighted by Crippen LogP contribution is 2.30. The van der Waals surface area contributed by atoms with E-state index in [9.17, 15) is 13.6 Å². The first-order valence-corrected chi connectivity index (χ1v) is 8.26. The van der Waals surface area contributed by atoms with E-state index in [0.717, 1.165) is 11.3 Å². The first-order chi connectivity index (χ1) is 11.1. The van der Waals surface area contributed by atoms with Gasteiger partial charge in [0.25, 0.3) is 6.43 Å². The highest BCUT2D eigenvalue weighted by atomic mass is 79.9. The van der Waals surface area contributed by atoms with E-state index in [1.807, 2.05) is 27.1 Å². The van der Waals surface area contributed by atoms with Crippen molar-refractivity contribution in [2.75, 3.05) is 0 Å². The van der Waals surface area contributed by atoms with Crippen molar-refractivity contribution in [3.8, 4) is 0 Å². The van der Waals surface area contributed by atoms with Crippen LogP contribution in [-0.4, -0.2) is 25.5 Å². The van der Waals surface area contributed by atoms with E-state index in [0.29, 0.717) is 5.69 Å². The second-order valence-electron chi connectivity index (χ2n) is 5.78. The number of hydrogen-bond acceptors (Lipinski definition) is 3. The zero-order valence-electron chi connectivity index (χ0n) is 14.1. The fraction of sp³-hybridized carbons (Fsp3) is 0.533. The minimum Gasteiger partial charge on any atom is -0.348 e. The van der Waals surface area contributed by atoms with E-state index >= 15 is 0 Å². The van der Waals surface area contributed by atoms with Crippen molar-refractivity contribution < 1.29 is 13.6 Å². The van der Waals surface area contributed by atoms with Gasteiger partial charge in [0.15, 0.2) is 0 Å². The summed E-state index contributed by atoms with van der Waals surface area (Å²) in [4.78, 5) is 12.5. The average molecular weight is 404 g/mol. The summed E-state index contributed by atoms with van der Waals surface area (Å²) in [6.07, 6.45) is -0.859. The molecule has 132 valence electrons. The number of nitrogens with zero attached hydrogens (tertiary/aromatic N) is 4. The first-order valence-electron chi connectivity index (χ1n) is 7.46. The van der Waals surface area contributed by atoms with Crippen LogP contribution >= 0.6 is 15.9 Å². The van der Waals surface area contributed by atoms with Crippen LogP contribution in [0.25, 0.3) is 0 Å². The molecule has 0 fully saturated rings. The molecule has 0 radical (unpaired) electrons. The molecule has 0 aliphatic heterocycles. The quantitative estimate of drug-likeness (QED) is 0.831. The Balaban J connectivity index is 2.18. The predicted molar refractivity (Wildman–Crippen MR) is 88.8 cm³/mol. The van der Waals surface area contributed by atoms with E-state index in [2.05, 4.69) is 31.4 Å². The van der Waals surface area contributed by atoms with Crippen LogP contribution in [0, 0.1) is 13.8 Å². The summed E-state index contributed by atoms with van der Waals surface area (Å²) in [6, 6.07) is -0.962. The van der Waals surface area contributed by atoms with E-state index in [1.165, 1.54) is 4.68 Å². The molecule has 2 aromatic heterocycles. The normalized spacial score (nSPS) is 14.0. The molecule has 0 bridgehead atoms. The maximum Gasteiger partial charge on any atom is 0.283 e. The lowest BCUT2D eigenvalue weighted by Crippen LogP contribution is -2.34. The van der Waals surface area contributed by atoms with Crippen LogP contribution in [0.2, 0.25) is 0 Å². The third-order valence-electron chi connectivity index (χ3n) is 3.93. The maximum absolute atomic E-state index is 12.9. The monoisotopic (exact) mass is 403 g/mol. The Morgan fingerprint density at radius 2 is 1.92 bits per heavy atom. The fourth-order valence-electron chi connectivity index (χ4n) is 2.60. The molecule has 0 aromatic carbocycles. The molecule has 0 spiro atoms. The van der Waals surface area contributed by atoms with Crippen LogP contribution in [-0.2, 0) is 11.8 Å². The molecule has 6 nitrogen and oxygen atoms in total. The smallest absolute Gasteiger partial charge is 0.283 e. The zero-order chi connectivity index (χ0) is 18.2. The molecule has 2 heterocycles. The Morgan fingerprint density at radius 1 is 1.29 bits per heavy atom. The minimum absolute atomic E-state index is 0.230. The van der Waals surface area contributed by atoms with Gasteiger partial charge in [0.05, 0.1) is 21.9 Å². The number of halogens is 3. The van der Waals surface area contributed by atoms with Gasteiger partial charge in [-0.15, -0.1) is 0 Å². The number of rotatable bonds is 5. The fourth-order valence-corrected chi connectivity index (χ4v) is 3.04. The molecule has 1 N–H and O–H groups in total. The highest BCUT2D eigenvalue weighted by Gasteiger charge is 2.26. The Morgan fingerprint density at radius 3 is 2.38 bits per heavy atom. The largest absolute Gasteiger partial charge is 0.348 e. The van der Waals surface area contributed by atoms with Crippen molar-refractivity contribution >= 4 is 21.8 Å². The van der Waals surface area contributed by atoms with Gasteiger partial charge in [0.2, 0.25) is 5.91 Å². The maximum atomic E-state index is 12.9. The average Bonchev–Trinajstić information content (AvgIpc) is 2.98. The summed E-state index contributed by atoms with van der Waals surface area (Å²) in [5.41, 5.74) is 1.86. The highest BCUT2D eigenvalue weighted by molar-refractivity contribution is 9.10. The van der Waals surface area contributed by atoms with Gasteiger partial charge in [0, 0.05) is 18.8 Å². The third-order valence-corrected chi connectivity index (χ3v) is 4.91. The Labute approximate surface area is 147 Å². The SMILES string of the molecule is Cc1nn(C)cc1[C@H](C)NC(=O)[C@H](C)n1nc(C(F)F)c(Br)c1C. The van der Waals surface area contributed by atoms with Crippen molar-refractivity contribution in [2.24, 2.45) is 7.05 Å². The van der Waals surface area contributed by atoms with Crippen LogP contribution in [0.4, 0.5) is 8.78 Å². The van der Waals surface area contributed by atoms with E-state index < -0.39 is 12.5 Å².